The van der Waals surface area contributed by atoms with Gasteiger partial charge in [0.1, 0.15) is 0 Å². The fraction of sp³-hybridized carbons (Fsp3) is 0.667. The van der Waals surface area contributed by atoms with E-state index in [-0.39, 0.29) is 0 Å². The predicted molar refractivity (Wildman–Crippen MR) is 108 cm³/mol. The smallest absolute Gasteiger partial charge is 0.0124 e. The third-order valence-electron chi connectivity index (χ3n) is 5.63. The van der Waals surface area contributed by atoms with Gasteiger partial charge in [0.2, 0.25) is 0 Å². The highest BCUT2D eigenvalue weighted by Crippen LogP contribution is 2.33. The molecule has 0 amide bonds. The van der Waals surface area contributed by atoms with Crippen LogP contribution in [0.15, 0.2) is 42.0 Å². The Bertz CT molecular complexity index is 442. The van der Waals surface area contributed by atoms with Crippen molar-refractivity contribution in [1.82, 2.24) is 0 Å². The summed E-state index contributed by atoms with van der Waals surface area (Å²) in [4.78, 5) is 0. The molecule has 24 heavy (non-hydrogen) atoms. The minimum absolute atomic E-state index is 0.766. The van der Waals surface area contributed by atoms with Gasteiger partial charge in [-0.05, 0) is 43.6 Å². The van der Waals surface area contributed by atoms with Crippen molar-refractivity contribution in [3.05, 3.63) is 47.5 Å². The minimum Gasteiger partial charge on any atom is -0.0847 e. The predicted octanol–water partition coefficient (Wildman–Crippen LogP) is 8.19. The second kappa shape index (κ2) is 12.3. The molecule has 0 fully saturated rings. The van der Waals surface area contributed by atoms with Gasteiger partial charge >= 0.3 is 0 Å². The molecule has 0 heterocycles. The maximum absolute atomic E-state index is 2.55. The molecule has 1 unspecified atom stereocenters. The molecule has 0 N–H and O–H groups in total. The zero-order valence-corrected chi connectivity index (χ0v) is 15.9. The summed E-state index contributed by atoms with van der Waals surface area (Å²) in [5.41, 5.74) is 3.27. The number of hydrogen-bond acceptors (Lipinski definition) is 0. The van der Waals surface area contributed by atoms with Crippen LogP contribution in [0.4, 0.5) is 0 Å². The number of allylic oxidation sites excluding steroid dienone is 2. The van der Waals surface area contributed by atoms with Crippen LogP contribution in [0.1, 0.15) is 108 Å². The van der Waals surface area contributed by atoms with Crippen LogP contribution in [-0.4, -0.2) is 0 Å². The molecule has 2 rings (SSSR count). The standard InChI is InChI=1S/C24H38/c1-2-3-4-5-6-7-8-9-10-12-15-22-18-20-24(21-19-22)23-16-13-11-14-17-23/h11,13-14,16-18,24H,2-10,12,15,19-21H2,1H3. The van der Waals surface area contributed by atoms with Crippen LogP contribution in [-0.2, 0) is 0 Å². The van der Waals surface area contributed by atoms with Crippen molar-refractivity contribution in [2.24, 2.45) is 0 Å². The zero-order chi connectivity index (χ0) is 16.9. The molecule has 0 aromatic heterocycles. The van der Waals surface area contributed by atoms with Gasteiger partial charge in [0.25, 0.3) is 0 Å². The normalized spacial score (nSPS) is 17.7. The van der Waals surface area contributed by atoms with Crippen molar-refractivity contribution in [2.45, 2.75) is 103 Å². The molecular formula is C24H38. The summed E-state index contributed by atoms with van der Waals surface area (Å²) < 4.78 is 0. The molecule has 0 heteroatoms. The Kier molecular flexibility index (Phi) is 9.92. The summed E-state index contributed by atoms with van der Waals surface area (Å²) in [6.45, 7) is 2.30. The Morgan fingerprint density at radius 3 is 2.00 bits per heavy atom. The lowest BCUT2D eigenvalue weighted by atomic mass is 9.83. The molecule has 1 aliphatic rings. The van der Waals surface area contributed by atoms with Crippen molar-refractivity contribution in [3.8, 4) is 0 Å². The van der Waals surface area contributed by atoms with Gasteiger partial charge < -0.3 is 0 Å². The maximum atomic E-state index is 2.55. The first kappa shape index (κ1) is 19.3. The average molecular weight is 327 g/mol. The highest BCUT2D eigenvalue weighted by atomic mass is 14.2. The molecular weight excluding hydrogens is 288 g/mol. The topological polar surface area (TPSA) is 0 Å². The number of rotatable bonds is 12. The number of hydrogen-bond donors (Lipinski definition) is 0. The van der Waals surface area contributed by atoms with Gasteiger partial charge in [-0.25, -0.2) is 0 Å². The van der Waals surface area contributed by atoms with Crippen LogP contribution in [0.5, 0.6) is 0 Å². The Labute approximate surface area is 150 Å². The molecule has 1 atom stereocenters. The molecule has 1 aliphatic carbocycles. The van der Waals surface area contributed by atoms with Crippen molar-refractivity contribution in [1.29, 1.82) is 0 Å². The number of unbranched alkanes of at least 4 members (excludes halogenated alkanes) is 9. The van der Waals surface area contributed by atoms with Gasteiger partial charge in [-0.15, -0.1) is 0 Å². The zero-order valence-electron chi connectivity index (χ0n) is 15.9. The van der Waals surface area contributed by atoms with Gasteiger partial charge in [0, 0.05) is 0 Å². The SMILES string of the molecule is CCCCCCCCCCCCC1=CCC(c2ccccc2)CC1. The highest BCUT2D eigenvalue weighted by Gasteiger charge is 2.15. The third-order valence-corrected chi connectivity index (χ3v) is 5.63. The van der Waals surface area contributed by atoms with Crippen LogP contribution < -0.4 is 0 Å². The molecule has 0 aliphatic heterocycles. The molecule has 0 saturated heterocycles. The van der Waals surface area contributed by atoms with Crippen LogP contribution in [0.25, 0.3) is 0 Å². The van der Waals surface area contributed by atoms with E-state index in [1.165, 1.54) is 95.5 Å². The highest BCUT2D eigenvalue weighted by molar-refractivity contribution is 5.23. The van der Waals surface area contributed by atoms with E-state index in [0.29, 0.717) is 0 Å². The quantitative estimate of drug-likeness (QED) is 0.268. The molecule has 0 saturated carbocycles. The van der Waals surface area contributed by atoms with Gasteiger partial charge in [0.05, 0.1) is 0 Å². The summed E-state index contributed by atoms with van der Waals surface area (Å²) in [7, 11) is 0. The van der Waals surface area contributed by atoms with E-state index in [2.05, 4.69) is 43.3 Å². The fourth-order valence-corrected chi connectivity index (χ4v) is 3.98. The van der Waals surface area contributed by atoms with Gasteiger partial charge in [-0.3, -0.25) is 0 Å². The van der Waals surface area contributed by atoms with E-state index in [4.69, 9.17) is 0 Å². The summed E-state index contributed by atoms with van der Waals surface area (Å²) in [6, 6.07) is 11.1. The lowest BCUT2D eigenvalue weighted by molar-refractivity contribution is 0.544. The summed E-state index contributed by atoms with van der Waals surface area (Å²) >= 11 is 0. The second-order valence-electron chi connectivity index (χ2n) is 7.68. The average Bonchev–Trinajstić information content (AvgIpc) is 2.64. The van der Waals surface area contributed by atoms with Crippen molar-refractivity contribution >= 4 is 0 Å². The van der Waals surface area contributed by atoms with Crippen LogP contribution in [0.3, 0.4) is 0 Å². The summed E-state index contributed by atoms with van der Waals surface area (Å²) in [5, 5.41) is 0. The summed E-state index contributed by atoms with van der Waals surface area (Å²) in [6.07, 6.45) is 22.3. The molecule has 0 nitrogen and oxygen atoms in total. The molecule has 0 spiro atoms. The Hall–Kier alpha value is -1.04. The van der Waals surface area contributed by atoms with Gasteiger partial charge in [0.15, 0.2) is 0 Å². The van der Waals surface area contributed by atoms with E-state index in [0.717, 1.165) is 5.92 Å². The largest absolute Gasteiger partial charge is 0.0847 e. The van der Waals surface area contributed by atoms with Crippen molar-refractivity contribution < 1.29 is 0 Å². The van der Waals surface area contributed by atoms with Gasteiger partial charge in [-0.1, -0.05) is 107 Å². The Morgan fingerprint density at radius 2 is 1.42 bits per heavy atom. The van der Waals surface area contributed by atoms with Crippen LogP contribution in [0, 0.1) is 0 Å². The van der Waals surface area contributed by atoms with E-state index in [1.54, 1.807) is 5.57 Å². The third kappa shape index (κ3) is 7.69. The maximum Gasteiger partial charge on any atom is -0.0124 e. The minimum atomic E-state index is 0.766. The van der Waals surface area contributed by atoms with Crippen LogP contribution >= 0.6 is 0 Å². The van der Waals surface area contributed by atoms with Crippen molar-refractivity contribution in [2.75, 3.05) is 0 Å². The Morgan fingerprint density at radius 1 is 0.792 bits per heavy atom. The van der Waals surface area contributed by atoms with E-state index >= 15 is 0 Å². The lowest BCUT2D eigenvalue weighted by Gasteiger charge is -2.22. The summed E-state index contributed by atoms with van der Waals surface area (Å²) in [5.74, 6) is 0.766. The molecule has 1 aromatic carbocycles. The molecule has 0 radical (unpaired) electrons. The lowest BCUT2D eigenvalue weighted by Crippen LogP contribution is -2.04. The van der Waals surface area contributed by atoms with Crippen molar-refractivity contribution in [3.63, 3.8) is 0 Å². The first-order valence-corrected chi connectivity index (χ1v) is 10.6. The van der Waals surface area contributed by atoms with Gasteiger partial charge in [-0.2, -0.15) is 0 Å². The van der Waals surface area contributed by atoms with Crippen LogP contribution in [0.2, 0.25) is 0 Å². The second-order valence-corrected chi connectivity index (χ2v) is 7.68. The monoisotopic (exact) mass is 326 g/mol. The van der Waals surface area contributed by atoms with E-state index in [9.17, 15) is 0 Å². The van der Waals surface area contributed by atoms with E-state index in [1.807, 2.05) is 0 Å². The number of benzene rings is 1. The first-order valence-electron chi connectivity index (χ1n) is 10.6. The van der Waals surface area contributed by atoms with E-state index < -0.39 is 0 Å². The fourth-order valence-electron chi connectivity index (χ4n) is 3.98. The molecule has 134 valence electrons. The molecule has 1 aromatic rings. The first-order chi connectivity index (χ1) is 11.9. The molecule has 0 bridgehead atoms. The Balaban J connectivity index is 1.48.